The third-order valence-electron chi connectivity index (χ3n) is 6.97. The summed E-state index contributed by atoms with van der Waals surface area (Å²) in [5.74, 6) is 4.44. The highest BCUT2D eigenvalue weighted by atomic mass is 32.2. The van der Waals surface area contributed by atoms with Gasteiger partial charge in [-0.3, -0.25) is 9.48 Å². The number of halogens is 2. The Morgan fingerprint density at radius 2 is 1.86 bits per heavy atom. The zero-order chi connectivity index (χ0) is 30.2. The maximum Gasteiger partial charge on any atom is 0.260 e. The minimum atomic E-state index is -3.87. The Kier molecular flexibility index (Phi) is 7.85. The molecule has 2 aromatic carbocycles. The van der Waals surface area contributed by atoms with Gasteiger partial charge in [0.2, 0.25) is 5.91 Å². The van der Waals surface area contributed by atoms with Crippen molar-refractivity contribution in [3.05, 3.63) is 77.1 Å². The Bertz CT molecular complexity index is 1850. The number of carbonyl (C=O) groups is 1. The molecule has 0 spiro atoms. The van der Waals surface area contributed by atoms with Gasteiger partial charge >= 0.3 is 0 Å². The fraction of sp³-hybridized carbons (Fsp3) is 0.300. The summed E-state index contributed by atoms with van der Waals surface area (Å²) in [4.78, 5) is 17.2. The highest BCUT2D eigenvalue weighted by molar-refractivity contribution is 7.89. The Morgan fingerprint density at radius 1 is 1.14 bits per heavy atom. The zero-order valence-electron chi connectivity index (χ0n) is 23.5. The van der Waals surface area contributed by atoms with E-state index in [2.05, 4.69) is 27.0 Å². The maximum atomic E-state index is 14.1. The van der Waals surface area contributed by atoms with Crippen molar-refractivity contribution in [1.82, 2.24) is 24.8 Å². The first-order valence-corrected chi connectivity index (χ1v) is 14.6. The number of sulfonamides is 1. The van der Waals surface area contributed by atoms with Crippen molar-refractivity contribution in [3.8, 4) is 23.0 Å². The fourth-order valence-corrected chi connectivity index (χ4v) is 5.85. The molecule has 1 saturated heterocycles. The van der Waals surface area contributed by atoms with Gasteiger partial charge in [-0.2, -0.15) is 5.10 Å². The molecule has 12 heteroatoms. The summed E-state index contributed by atoms with van der Waals surface area (Å²) in [7, 11) is -0.928. The molecule has 5 rings (SSSR count). The largest absolute Gasteiger partial charge is 0.378 e. The Hall–Kier alpha value is -4.18. The summed E-state index contributed by atoms with van der Waals surface area (Å²) in [6, 6.07) is 11.1. The molecule has 1 fully saturated rings. The molecule has 1 aliphatic heterocycles. The molecule has 9 nitrogen and oxygen atoms in total. The summed E-state index contributed by atoms with van der Waals surface area (Å²) in [6.07, 6.45) is 0.0252. The van der Waals surface area contributed by atoms with Gasteiger partial charge in [0.15, 0.2) is 5.03 Å². The van der Waals surface area contributed by atoms with Crippen LogP contribution in [0.2, 0.25) is 0 Å². The van der Waals surface area contributed by atoms with Crippen LogP contribution in [0.4, 0.5) is 8.78 Å². The molecular weight excluding hydrogens is 564 g/mol. The summed E-state index contributed by atoms with van der Waals surface area (Å²) < 4.78 is 62.7. The quantitative estimate of drug-likeness (QED) is 0.317. The van der Waals surface area contributed by atoms with Gasteiger partial charge in [0.25, 0.3) is 10.0 Å². The van der Waals surface area contributed by atoms with Crippen LogP contribution in [-0.4, -0.2) is 49.4 Å². The van der Waals surface area contributed by atoms with Crippen molar-refractivity contribution in [3.63, 3.8) is 0 Å². The summed E-state index contributed by atoms with van der Waals surface area (Å²) in [5, 5.41) is 7.41. The number of benzene rings is 2. The smallest absolute Gasteiger partial charge is 0.260 e. The van der Waals surface area contributed by atoms with Crippen molar-refractivity contribution < 1.29 is 26.7 Å². The van der Waals surface area contributed by atoms with E-state index < -0.39 is 27.7 Å². The van der Waals surface area contributed by atoms with Crippen LogP contribution >= 0.6 is 0 Å². The molecule has 0 bridgehead atoms. The standard InChI is InChI=1S/C30H29F2N5O4S/c1-18(38)34-26(14-19-12-20(31)15-21(32)13-19)27-23(9-8-22(35-27)10-11-30(2)16-41-17-30)24-6-5-7-25-28(24)37(4)36-29(25)42(39,40)33-3/h5-9,12-13,15,26,33H,14,16-17H2,1-4H3,(H,34,38)/t26-/m0/s1. The van der Waals surface area contributed by atoms with Crippen LogP contribution in [-0.2, 0) is 33.0 Å². The van der Waals surface area contributed by atoms with E-state index in [1.807, 2.05) is 6.92 Å². The Labute approximate surface area is 242 Å². The van der Waals surface area contributed by atoms with Crippen LogP contribution in [0.25, 0.3) is 22.0 Å². The van der Waals surface area contributed by atoms with E-state index in [1.165, 1.54) is 30.8 Å². The van der Waals surface area contributed by atoms with Crippen molar-refractivity contribution in [2.75, 3.05) is 20.3 Å². The molecule has 0 unspecified atom stereocenters. The van der Waals surface area contributed by atoms with Crippen LogP contribution < -0.4 is 10.0 Å². The number of carbonyl (C=O) groups excluding carboxylic acids is 1. The van der Waals surface area contributed by atoms with Gasteiger partial charge in [-0.05, 0) is 62.2 Å². The van der Waals surface area contributed by atoms with Crippen molar-refractivity contribution in [1.29, 1.82) is 0 Å². The zero-order valence-corrected chi connectivity index (χ0v) is 24.3. The van der Waals surface area contributed by atoms with E-state index in [0.717, 1.165) is 6.07 Å². The number of hydrogen-bond acceptors (Lipinski definition) is 6. The molecular formula is C30H29F2N5O4S. The fourth-order valence-electron chi connectivity index (χ4n) is 4.98. The molecule has 0 aliphatic carbocycles. The Balaban J connectivity index is 1.73. The van der Waals surface area contributed by atoms with E-state index in [4.69, 9.17) is 9.72 Å². The van der Waals surface area contributed by atoms with E-state index in [0.29, 0.717) is 52.2 Å². The number of pyridine rings is 1. The number of nitrogens with one attached hydrogen (secondary N) is 2. The summed E-state index contributed by atoms with van der Waals surface area (Å²) >= 11 is 0. The molecule has 42 heavy (non-hydrogen) atoms. The lowest BCUT2D eigenvalue weighted by atomic mass is 9.89. The molecule has 2 aromatic heterocycles. The van der Waals surface area contributed by atoms with Gasteiger partial charge in [0.1, 0.15) is 17.3 Å². The minimum absolute atomic E-state index is 0.0252. The lowest BCUT2D eigenvalue weighted by molar-refractivity contribution is -0.119. The van der Waals surface area contributed by atoms with E-state index in [-0.39, 0.29) is 22.8 Å². The lowest BCUT2D eigenvalue weighted by Gasteiger charge is -2.32. The lowest BCUT2D eigenvalue weighted by Crippen LogP contribution is -2.38. The normalized spacial score (nSPS) is 15.0. The minimum Gasteiger partial charge on any atom is -0.378 e. The highest BCUT2D eigenvalue weighted by Crippen LogP contribution is 2.36. The van der Waals surface area contributed by atoms with Crippen LogP contribution in [0.5, 0.6) is 0 Å². The summed E-state index contributed by atoms with van der Waals surface area (Å²) in [6.45, 7) is 4.34. The topological polar surface area (TPSA) is 115 Å². The molecule has 0 radical (unpaired) electrons. The number of fused-ring (bicyclic) bond motifs is 1. The van der Waals surface area contributed by atoms with Crippen LogP contribution in [0.15, 0.2) is 53.6 Å². The molecule has 4 aromatic rings. The molecule has 1 aliphatic rings. The van der Waals surface area contributed by atoms with Gasteiger partial charge in [-0.1, -0.05) is 18.1 Å². The molecule has 218 valence electrons. The van der Waals surface area contributed by atoms with E-state index in [9.17, 15) is 22.0 Å². The highest BCUT2D eigenvalue weighted by Gasteiger charge is 2.31. The second-order valence-electron chi connectivity index (χ2n) is 10.5. The first-order chi connectivity index (χ1) is 19.9. The average molecular weight is 594 g/mol. The number of hydrogen-bond donors (Lipinski definition) is 2. The summed E-state index contributed by atoms with van der Waals surface area (Å²) in [5.41, 5.74) is 2.52. The molecule has 1 atom stereocenters. The third kappa shape index (κ3) is 5.90. The number of rotatable bonds is 7. The van der Waals surface area contributed by atoms with Crippen molar-refractivity contribution in [2.24, 2.45) is 12.5 Å². The molecule has 2 N–H and O–H groups in total. The number of ether oxygens (including phenoxy) is 1. The monoisotopic (exact) mass is 593 g/mol. The third-order valence-corrected chi connectivity index (χ3v) is 8.32. The van der Waals surface area contributed by atoms with E-state index in [1.54, 1.807) is 37.4 Å². The van der Waals surface area contributed by atoms with Gasteiger partial charge in [-0.15, -0.1) is 0 Å². The van der Waals surface area contributed by atoms with Crippen LogP contribution in [0.3, 0.4) is 0 Å². The number of nitrogens with zero attached hydrogens (tertiary/aromatic N) is 3. The average Bonchev–Trinajstić information content (AvgIpc) is 3.27. The van der Waals surface area contributed by atoms with E-state index >= 15 is 0 Å². The first-order valence-electron chi connectivity index (χ1n) is 13.1. The van der Waals surface area contributed by atoms with Gasteiger partial charge < -0.3 is 10.1 Å². The maximum absolute atomic E-state index is 14.1. The van der Waals surface area contributed by atoms with Crippen LogP contribution in [0.1, 0.15) is 36.8 Å². The second-order valence-corrected chi connectivity index (χ2v) is 12.3. The predicted molar refractivity (Wildman–Crippen MR) is 153 cm³/mol. The second kappa shape index (κ2) is 11.2. The van der Waals surface area contributed by atoms with Gasteiger partial charge in [0, 0.05) is 36.6 Å². The predicted octanol–water partition coefficient (Wildman–Crippen LogP) is 3.63. The van der Waals surface area contributed by atoms with Crippen molar-refractivity contribution in [2.45, 2.75) is 31.3 Å². The molecule has 1 amide bonds. The van der Waals surface area contributed by atoms with Crippen molar-refractivity contribution >= 4 is 26.8 Å². The molecule has 3 heterocycles. The SMILES string of the molecule is CNS(=O)(=O)c1nn(C)c2c(-c3ccc(C#CC4(C)COC4)nc3[C@H](Cc3cc(F)cc(F)c3)NC(C)=O)cccc12. The number of aryl methyl sites for hydroxylation is 1. The number of para-hydroxylation sites is 1. The number of aromatic nitrogens is 3. The Morgan fingerprint density at radius 3 is 2.48 bits per heavy atom. The molecule has 0 saturated carbocycles. The van der Waals surface area contributed by atoms with Crippen LogP contribution in [0, 0.1) is 28.9 Å². The first kappa shape index (κ1) is 29.3. The van der Waals surface area contributed by atoms with Gasteiger partial charge in [0.05, 0.1) is 35.9 Å². The van der Waals surface area contributed by atoms with Gasteiger partial charge in [-0.25, -0.2) is 26.9 Å². The number of amides is 1.